The summed E-state index contributed by atoms with van der Waals surface area (Å²) in [5.41, 5.74) is 4.24. The van der Waals surface area contributed by atoms with E-state index in [9.17, 15) is 18.0 Å². The number of alkyl halides is 3. The maximum atomic E-state index is 13.9. The maximum absolute atomic E-state index is 13.9. The van der Waals surface area contributed by atoms with E-state index in [0.29, 0.717) is 29.5 Å². The Balaban J connectivity index is 1.34. The van der Waals surface area contributed by atoms with Gasteiger partial charge in [0.25, 0.3) is 0 Å². The number of nitrogens with zero attached hydrogens (tertiary/aromatic N) is 3. The zero-order valence-electron chi connectivity index (χ0n) is 23.3. The van der Waals surface area contributed by atoms with Crippen molar-refractivity contribution in [1.82, 2.24) is 9.78 Å². The van der Waals surface area contributed by atoms with E-state index >= 15 is 0 Å². The Morgan fingerprint density at radius 1 is 1.00 bits per heavy atom. The third-order valence-corrected chi connectivity index (χ3v) is 8.73. The fraction of sp³-hybridized carbons (Fsp3) is 0.500. The zero-order chi connectivity index (χ0) is 28.3. The quantitative estimate of drug-likeness (QED) is 0.296. The Morgan fingerprint density at radius 2 is 1.75 bits per heavy atom. The van der Waals surface area contributed by atoms with Gasteiger partial charge in [0, 0.05) is 29.9 Å². The van der Waals surface area contributed by atoms with Crippen LogP contribution in [0.5, 0.6) is 5.75 Å². The van der Waals surface area contributed by atoms with E-state index in [1.807, 2.05) is 29.2 Å². The molecule has 0 radical (unpaired) electrons. The van der Waals surface area contributed by atoms with Crippen molar-refractivity contribution < 1.29 is 22.7 Å². The summed E-state index contributed by atoms with van der Waals surface area (Å²) in [6.07, 6.45) is 6.94. The lowest BCUT2D eigenvalue weighted by molar-refractivity contribution is -0.212. The number of carbonyl (C=O) groups is 1. The van der Waals surface area contributed by atoms with Crippen molar-refractivity contribution >= 4 is 11.6 Å². The van der Waals surface area contributed by atoms with Gasteiger partial charge in [-0.3, -0.25) is 4.79 Å². The molecule has 0 N–H and O–H groups in total. The number of amides is 1. The van der Waals surface area contributed by atoms with Gasteiger partial charge >= 0.3 is 6.30 Å². The van der Waals surface area contributed by atoms with E-state index in [1.165, 1.54) is 11.8 Å². The second kappa shape index (κ2) is 12.1. The highest BCUT2D eigenvalue weighted by molar-refractivity contribution is 5.95. The number of benzene rings is 2. The molecule has 3 aromatic rings. The molecule has 5 nitrogen and oxygen atoms in total. The van der Waals surface area contributed by atoms with Crippen molar-refractivity contribution in [1.29, 1.82) is 0 Å². The predicted molar refractivity (Wildman–Crippen MR) is 150 cm³/mol. The van der Waals surface area contributed by atoms with E-state index < -0.39 is 6.30 Å². The van der Waals surface area contributed by atoms with Gasteiger partial charge in [-0.15, -0.1) is 13.2 Å². The van der Waals surface area contributed by atoms with Crippen molar-refractivity contribution in [2.45, 2.75) is 76.9 Å². The highest BCUT2D eigenvalue weighted by Gasteiger charge is 2.33. The van der Waals surface area contributed by atoms with Gasteiger partial charge in [-0.1, -0.05) is 43.5 Å². The Hall–Kier alpha value is -3.29. The molecule has 1 amide bonds. The first-order valence-electron chi connectivity index (χ1n) is 14.4. The first kappa shape index (κ1) is 28.2. The number of hydrogen-bond donors (Lipinski definition) is 0. The molecule has 214 valence electrons. The molecule has 0 saturated heterocycles. The number of ether oxygens (including phenoxy) is 1. The standard InChI is InChI=1S/C32H38F3N3O2/c1-22-17-27(15-16-30(22)40-2)24-13-11-23(12-14-24)20-37(31(39)25-7-4-3-5-8-25)29-10-6-9-26(18-29)28-19-36-38(21-28)32(33,34)35/h6,9-10,15-19,21,23-25H,3-5,7-8,11-14,20H2,1-2H3/t23-,24-. The Labute approximate surface area is 234 Å². The van der Waals surface area contributed by atoms with Crippen molar-refractivity contribution in [3.63, 3.8) is 0 Å². The van der Waals surface area contributed by atoms with Crippen LogP contribution in [0.25, 0.3) is 11.1 Å². The molecule has 8 heteroatoms. The molecule has 0 aliphatic heterocycles. The summed E-state index contributed by atoms with van der Waals surface area (Å²) < 4.78 is 44.8. The lowest BCUT2D eigenvalue weighted by atomic mass is 9.78. The van der Waals surface area contributed by atoms with Gasteiger partial charge in [0.1, 0.15) is 5.75 Å². The van der Waals surface area contributed by atoms with E-state index in [0.717, 1.165) is 81.0 Å². The minimum atomic E-state index is -4.57. The number of aromatic nitrogens is 2. The van der Waals surface area contributed by atoms with E-state index in [4.69, 9.17) is 4.74 Å². The summed E-state index contributed by atoms with van der Waals surface area (Å²) in [4.78, 5) is 15.8. The van der Waals surface area contributed by atoms with Crippen LogP contribution in [-0.2, 0) is 11.1 Å². The smallest absolute Gasteiger partial charge is 0.496 e. The van der Waals surface area contributed by atoms with Crippen molar-refractivity contribution in [2.75, 3.05) is 18.6 Å². The monoisotopic (exact) mass is 553 g/mol. The summed E-state index contributed by atoms with van der Waals surface area (Å²) in [6.45, 7) is 2.71. The number of methoxy groups -OCH3 is 1. The maximum Gasteiger partial charge on any atom is 0.504 e. The van der Waals surface area contributed by atoms with Gasteiger partial charge in [0.05, 0.1) is 13.3 Å². The average Bonchev–Trinajstić information content (AvgIpc) is 3.48. The first-order chi connectivity index (χ1) is 19.2. The average molecular weight is 554 g/mol. The number of halogens is 3. The number of anilines is 1. The number of aryl methyl sites for hydroxylation is 1. The minimum Gasteiger partial charge on any atom is -0.496 e. The first-order valence-corrected chi connectivity index (χ1v) is 14.4. The molecule has 0 unspecified atom stereocenters. The number of carbonyl (C=O) groups excluding carboxylic acids is 1. The molecule has 2 saturated carbocycles. The van der Waals surface area contributed by atoms with Gasteiger partial charge in [-0.2, -0.15) is 9.78 Å². The molecule has 0 bridgehead atoms. The summed E-state index contributed by atoms with van der Waals surface area (Å²) in [5.74, 6) is 1.93. The molecular weight excluding hydrogens is 515 g/mol. The molecule has 0 spiro atoms. The van der Waals surface area contributed by atoms with Crippen LogP contribution in [0, 0.1) is 18.8 Å². The summed E-state index contributed by atoms with van der Waals surface area (Å²) in [5, 5.41) is 3.49. The van der Waals surface area contributed by atoms with Gasteiger partial charge in [0.15, 0.2) is 0 Å². The van der Waals surface area contributed by atoms with Crippen LogP contribution < -0.4 is 9.64 Å². The number of hydrogen-bond acceptors (Lipinski definition) is 3. The fourth-order valence-corrected chi connectivity index (χ4v) is 6.45. The van der Waals surface area contributed by atoms with Crippen LogP contribution in [0.15, 0.2) is 54.9 Å². The van der Waals surface area contributed by atoms with Crippen LogP contribution in [0.2, 0.25) is 0 Å². The second-order valence-electron chi connectivity index (χ2n) is 11.4. The van der Waals surface area contributed by atoms with Gasteiger partial charge in [0.2, 0.25) is 5.91 Å². The molecule has 1 heterocycles. The SMILES string of the molecule is COc1ccc([C@H]2CC[C@H](CN(C(=O)C3CCCCC3)c3cccc(-c4cnn(C(F)(F)F)c4)c3)CC2)cc1C. The van der Waals surface area contributed by atoms with E-state index in [-0.39, 0.29) is 16.5 Å². The van der Waals surface area contributed by atoms with Gasteiger partial charge < -0.3 is 9.64 Å². The molecule has 2 aliphatic rings. The van der Waals surface area contributed by atoms with Gasteiger partial charge in [-0.25, -0.2) is 0 Å². The normalized spacial score (nSPS) is 20.3. The topological polar surface area (TPSA) is 47.4 Å². The molecule has 1 aromatic heterocycles. The highest BCUT2D eigenvalue weighted by atomic mass is 19.4. The van der Waals surface area contributed by atoms with Crippen molar-refractivity contribution in [2.24, 2.45) is 11.8 Å². The molecule has 2 aliphatic carbocycles. The Kier molecular flexibility index (Phi) is 8.52. The lowest BCUT2D eigenvalue weighted by Gasteiger charge is -2.35. The van der Waals surface area contributed by atoms with Crippen LogP contribution in [0.1, 0.15) is 74.8 Å². The molecule has 5 rings (SSSR count). The molecule has 2 aromatic carbocycles. The minimum absolute atomic E-state index is 0.00370. The summed E-state index contributed by atoms with van der Waals surface area (Å²) in [7, 11) is 1.69. The largest absolute Gasteiger partial charge is 0.504 e. The van der Waals surface area contributed by atoms with Crippen LogP contribution >= 0.6 is 0 Å². The third kappa shape index (κ3) is 6.37. The Morgan fingerprint density at radius 3 is 2.40 bits per heavy atom. The van der Waals surface area contributed by atoms with E-state index in [2.05, 4.69) is 24.2 Å². The number of rotatable bonds is 7. The Bertz CT molecular complexity index is 1300. The van der Waals surface area contributed by atoms with Gasteiger partial charge in [-0.05, 0) is 92.2 Å². The lowest BCUT2D eigenvalue weighted by Crippen LogP contribution is -2.41. The molecular formula is C32H38F3N3O2. The predicted octanol–water partition coefficient (Wildman–Crippen LogP) is 8.23. The molecule has 2 fully saturated rings. The third-order valence-electron chi connectivity index (χ3n) is 8.73. The van der Waals surface area contributed by atoms with Crippen LogP contribution in [0.3, 0.4) is 0 Å². The van der Waals surface area contributed by atoms with Crippen molar-refractivity contribution in [3.05, 3.63) is 66.0 Å². The fourth-order valence-electron chi connectivity index (χ4n) is 6.45. The van der Waals surface area contributed by atoms with E-state index in [1.54, 1.807) is 13.2 Å². The summed E-state index contributed by atoms with van der Waals surface area (Å²) in [6, 6.07) is 13.8. The molecule has 40 heavy (non-hydrogen) atoms. The van der Waals surface area contributed by atoms with Crippen molar-refractivity contribution in [3.8, 4) is 16.9 Å². The summed E-state index contributed by atoms with van der Waals surface area (Å²) >= 11 is 0. The van der Waals surface area contributed by atoms with Crippen LogP contribution in [0.4, 0.5) is 18.9 Å². The second-order valence-corrected chi connectivity index (χ2v) is 11.4. The molecule has 0 atom stereocenters. The van der Waals surface area contributed by atoms with Crippen LogP contribution in [-0.4, -0.2) is 29.3 Å². The zero-order valence-corrected chi connectivity index (χ0v) is 23.3. The highest BCUT2D eigenvalue weighted by Crippen LogP contribution is 2.39.